The van der Waals surface area contributed by atoms with Crippen LogP contribution in [0.3, 0.4) is 0 Å². The minimum Gasteiger partial charge on any atom is -0.398 e. The molecule has 1 heterocycles. The Morgan fingerprint density at radius 2 is 2.07 bits per heavy atom. The van der Waals surface area contributed by atoms with Crippen LogP contribution in [0.1, 0.15) is 31.2 Å². The fourth-order valence-corrected chi connectivity index (χ4v) is 6.20. The molecule has 2 aromatic carbocycles. The van der Waals surface area contributed by atoms with Gasteiger partial charge in [-0.05, 0) is 61.6 Å². The maximum Gasteiger partial charge on any atom is 0.242 e. The van der Waals surface area contributed by atoms with Gasteiger partial charge in [-0.3, -0.25) is 0 Å². The van der Waals surface area contributed by atoms with Gasteiger partial charge in [-0.2, -0.15) is 0 Å². The fraction of sp³-hybridized carbons (Fsp3) is 0.333. The van der Waals surface area contributed by atoms with E-state index in [1.54, 1.807) is 18.2 Å². The minimum atomic E-state index is -3.66. The first-order valence-corrected chi connectivity index (χ1v) is 11.7. The van der Waals surface area contributed by atoms with Gasteiger partial charge in [0.2, 0.25) is 10.0 Å². The Balaban J connectivity index is 1.62. The third kappa shape index (κ3) is 3.15. The number of hydrogen-bond acceptors (Lipinski definition) is 4. The second-order valence-electron chi connectivity index (χ2n) is 7.54. The van der Waals surface area contributed by atoms with Crippen LogP contribution in [0.25, 0.3) is 0 Å². The Labute approximate surface area is 174 Å². The maximum absolute atomic E-state index is 12.7. The molecule has 1 fully saturated rings. The molecule has 1 aliphatic heterocycles. The number of fused-ring (bicyclic) bond motifs is 3. The van der Waals surface area contributed by atoms with Crippen molar-refractivity contribution in [1.29, 1.82) is 0 Å². The standard InChI is InChI=1S/C21H24BrN3O2S/c1-14-5-4-8-20-21(14,16-13-15(22)9-10-18(16)25-20)11-12-24-28(26,27)19-7-3-2-6-17(19)23/h2-3,6-7,9-10,13,20,24-25H,1,4-5,8,11-12,23H2/t20-,21-/m0/s1. The Hall–Kier alpha value is -1.83. The Kier molecular flexibility index (Phi) is 5.02. The molecular formula is C21H24BrN3O2S. The van der Waals surface area contributed by atoms with Gasteiger partial charge in [0.25, 0.3) is 0 Å². The van der Waals surface area contributed by atoms with Crippen molar-refractivity contribution in [3.63, 3.8) is 0 Å². The van der Waals surface area contributed by atoms with Crippen LogP contribution in [0.2, 0.25) is 0 Å². The SMILES string of the molecule is C=C1CCC[C@@H]2Nc3ccc(Br)cc3[C@]12CCNS(=O)(=O)c1ccccc1N. The van der Waals surface area contributed by atoms with Gasteiger partial charge < -0.3 is 11.1 Å². The molecule has 2 aliphatic rings. The number of sulfonamides is 1. The van der Waals surface area contributed by atoms with Crippen LogP contribution >= 0.6 is 15.9 Å². The van der Waals surface area contributed by atoms with Crippen molar-refractivity contribution in [3.05, 3.63) is 64.7 Å². The summed E-state index contributed by atoms with van der Waals surface area (Å²) in [4.78, 5) is 0.124. The number of nitrogen functional groups attached to an aromatic ring is 1. The lowest BCUT2D eigenvalue weighted by molar-refractivity contribution is 0.344. The molecule has 0 unspecified atom stereocenters. The first-order valence-electron chi connectivity index (χ1n) is 9.43. The summed E-state index contributed by atoms with van der Waals surface area (Å²) in [7, 11) is -3.66. The summed E-state index contributed by atoms with van der Waals surface area (Å²) < 4.78 is 29.2. The van der Waals surface area contributed by atoms with Gasteiger partial charge in [-0.15, -0.1) is 0 Å². The van der Waals surface area contributed by atoms with Crippen molar-refractivity contribution < 1.29 is 8.42 Å². The van der Waals surface area contributed by atoms with E-state index in [1.807, 2.05) is 6.07 Å². The van der Waals surface area contributed by atoms with Gasteiger partial charge in [-0.25, -0.2) is 13.1 Å². The molecule has 4 N–H and O–H groups in total. The maximum atomic E-state index is 12.7. The van der Waals surface area contributed by atoms with E-state index in [2.05, 4.69) is 44.7 Å². The number of rotatable bonds is 5. The highest BCUT2D eigenvalue weighted by atomic mass is 79.9. The van der Waals surface area contributed by atoms with Crippen LogP contribution in [0.15, 0.2) is 64.0 Å². The lowest BCUT2D eigenvalue weighted by atomic mass is 9.63. The van der Waals surface area contributed by atoms with E-state index < -0.39 is 10.0 Å². The first kappa shape index (κ1) is 19.5. The lowest BCUT2D eigenvalue weighted by Gasteiger charge is -2.42. The first-order chi connectivity index (χ1) is 13.3. The van der Waals surface area contributed by atoms with Gasteiger partial charge >= 0.3 is 0 Å². The normalized spacial score (nSPS) is 23.8. The molecule has 28 heavy (non-hydrogen) atoms. The zero-order chi connectivity index (χ0) is 19.9. The Morgan fingerprint density at radius 1 is 1.29 bits per heavy atom. The quantitative estimate of drug-likeness (QED) is 0.460. The van der Waals surface area contributed by atoms with Crippen molar-refractivity contribution >= 4 is 37.3 Å². The molecule has 0 bridgehead atoms. The molecular weight excluding hydrogens is 438 g/mol. The molecule has 0 amide bonds. The van der Waals surface area contributed by atoms with Crippen molar-refractivity contribution in [2.75, 3.05) is 17.6 Å². The van der Waals surface area contributed by atoms with E-state index in [-0.39, 0.29) is 22.0 Å². The van der Waals surface area contributed by atoms with E-state index in [9.17, 15) is 8.42 Å². The highest BCUT2D eigenvalue weighted by Crippen LogP contribution is 2.53. The van der Waals surface area contributed by atoms with Gasteiger partial charge in [0.1, 0.15) is 4.90 Å². The molecule has 2 aromatic rings. The monoisotopic (exact) mass is 461 g/mol. The summed E-state index contributed by atoms with van der Waals surface area (Å²) >= 11 is 3.58. The average molecular weight is 462 g/mol. The zero-order valence-electron chi connectivity index (χ0n) is 15.5. The number of nitrogens with two attached hydrogens (primary N) is 1. The lowest BCUT2D eigenvalue weighted by Crippen LogP contribution is -2.45. The second-order valence-corrected chi connectivity index (χ2v) is 10.2. The summed E-state index contributed by atoms with van der Waals surface area (Å²) in [5.74, 6) is 0. The van der Waals surface area contributed by atoms with Crippen molar-refractivity contribution in [1.82, 2.24) is 4.72 Å². The highest BCUT2D eigenvalue weighted by Gasteiger charge is 2.49. The summed E-state index contributed by atoms with van der Waals surface area (Å²) in [5, 5.41) is 3.64. The number of hydrogen-bond donors (Lipinski definition) is 3. The van der Waals surface area contributed by atoms with Gasteiger partial charge in [0.05, 0.1) is 5.69 Å². The van der Waals surface area contributed by atoms with Crippen molar-refractivity contribution in [2.24, 2.45) is 0 Å². The zero-order valence-corrected chi connectivity index (χ0v) is 17.9. The van der Waals surface area contributed by atoms with Crippen molar-refractivity contribution in [2.45, 2.75) is 42.0 Å². The summed E-state index contributed by atoms with van der Waals surface area (Å²) in [6, 6.07) is 13.0. The molecule has 1 aliphatic carbocycles. The van der Waals surface area contributed by atoms with Crippen LogP contribution in [0, 0.1) is 0 Å². The smallest absolute Gasteiger partial charge is 0.242 e. The molecule has 4 rings (SSSR count). The molecule has 0 radical (unpaired) electrons. The average Bonchev–Trinajstić information content (AvgIpc) is 2.97. The topological polar surface area (TPSA) is 84.2 Å². The van der Waals surface area contributed by atoms with Crippen LogP contribution in [0.4, 0.5) is 11.4 Å². The third-order valence-corrected chi connectivity index (χ3v) is 8.04. The van der Waals surface area contributed by atoms with E-state index >= 15 is 0 Å². The van der Waals surface area contributed by atoms with E-state index in [1.165, 1.54) is 17.2 Å². The van der Waals surface area contributed by atoms with Crippen molar-refractivity contribution in [3.8, 4) is 0 Å². The van der Waals surface area contributed by atoms with Gasteiger partial charge in [0, 0.05) is 28.2 Å². The number of anilines is 2. The Bertz CT molecular complexity index is 1040. The van der Waals surface area contributed by atoms with Gasteiger partial charge in [-0.1, -0.05) is 40.2 Å². The van der Waals surface area contributed by atoms with E-state index in [0.29, 0.717) is 13.0 Å². The highest BCUT2D eigenvalue weighted by molar-refractivity contribution is 9.10. The molecule has 0 spiro atoms. The summed E-state index contributed by atoms with van der Waals surface area (Å²) in [6.07, 6.45) is 3.75. The fourth-order valence-electron chi connectivity index (χ4n) is 4.68. The summed E-state index contributed by atoms with van der Waals surface area (Å²) in [5.41, 5.74) is 9.35. The second kappa shape index (κ2) is 7.21. The largest absolute Gasteiger partial charge is 0.398 e. The minimum absolute atomic E-state index is 0.124. The number of para-hydroxylation sites is 1. The van der Waals surface area contributed by atoms with Crippen LogP contribution in [-0.4, -0.2) is 21.0 Å². The Morgan fingerprint density at radius 3 is 2.86 bits per heavy atom. The molecule has 148 valence electrons. The van der Waals surface area contributed by atoms with Crippen LogP contribution in [0.5, 0.6) is 0 Å². The van der Waals surface area contributed by atoms with Gasteiger partial charge in [0.15, 0.2) is 0 Å². The molecule has 1 saturated carbocycles. The van der Waals surface area contributed by atoms with E-state index in [4.69, 9.17) is 5.73 Å². The molecule has 5 nitrogen and oxygen atoms in total. The van der Waals surface area contributed by atoms with Crippen LogP contribution < -0.4 is 15.8 Å². The molecule has 2 atom stereocenters. The predicted molar refractivity (Wildman–Crippen MR) is 117 cm³/mol. The van der Waals surface area contributed by atoms with Crippen LogP contribution in [-0.2, 0) is 15.4 Å². The number of nitrogens with one attached hydrogen (secondary N) is 2. The number of benzene rings is 2. The van der Waals surface area contributed by atoms with E-state index in [0.717, 1.165) is 29.4 Å². The number of halogens is 1. The summed E-state index contributed by atoms with van der Waals surface area (Å²) in [6.45, 7) is 4.71. The molecule has 0 aromatic heterocycles. The molecule has 0 saturated heterocycles. The molecule has 7 heteroatoms. The third-order valence-electron chi connectivity index (χ3n) is 6.01. The predicted octanol–water partition coefficient (Wildman–Crippen LogP) is 4.17.